The third kappa shape index (κ3) is 3.87. The van der Waals surface area contributed by atoms with Gasteiger partial charge in [0.2, 0.25) is 10.0 Å². The van der Waals surface area contributed by atoms with E-state index in [0.29, 0.717) is 23.7 Å². The van der Waals surface area contributed by atoms with Crippen LogP contribution >= 0.6 is 11.6 Å². The molecular weight excluding hydrogens is 314 g/mol. The van der Waals surface area contributed by atoms with Crippen molar-refractivity contribution in [2.75, 3.05) is 19.6 Å². The second-order valence-corrected chi connectivity index (χ2v) is 7.37. The molecule has 1 fully saturated rings. The first kappa shape index (κ1) is 16.1. The van der Waals surface area contributed by atoms with E-state index in [9.17, 15) is 13.2 Å². The van der Waals surface area contributed by atoms with Crippen molar-refractivity contribution in [2.24, 2.45) is 11.7 Å². The first-order valence-electron chi connectivity index (χ1n) is 6.60. The minimum absolute atomic E-state index is 0.0832. The number of nitrogens with one attached hydrogen (secondary N) is 1. The highest BCUT2D eigenvalue weighted by Crippen LogP contribution is 2.20. The zero-order valence-corrected chi connectivity index (χ0v) is 13.2. The SMILES string of the molecule is Cc1cc(Cl)ccc1S(=O)(=O)NCC1CCN(C(N)=O)C1. The molecule has 3 N–H and O–H groups in total. The summed E-state index contributed by atoms with van der Waals surface area (Å²) in [5.74, 6) is 0.0832. The molecule has 6 nitrogen and oxygen atoms in total. The van der Waals surface area contributed by atoms with Gasteiger partial charge in [-0.3, -0.25) is 0 Å². The van der Waals surface area contributed by atoms with Crippen LogP contribution in [0.1, 0.15) is 12.0 Å². The van der Waals surface area contributed by atoms with Gasteiger partial charge >= 0.3 is 6.03 Å². The first-order valence-corrected chi connectivity index (χ1v) is 8.46. The number of rotatable bonds is 4. The molecule has 1 unspecified atom stereocenters. The molecule has 8 heteroatoms. The number of sulfonamides is 1. The summed E-state index contributed by atoms with van der Waals surface area (Å²) < 4.78 is 27.1. The average Bonchev–Trinajstić information content (AvgIpc) is 2.85. The molecule has 0 aromatic heterocycles. The fourth-order valence-corrected chi connectivity index (χ4v) is 3.99. The van der Waals surface area contributed by atoms with E-state index in [-0.39, 0.29) is 17.4 Å². The van der Waals surface area contributed by atoms with Crippen LogP contribution in [0.15, 0.2) is 23.1 Å². The number of aryl methyl sites for hydroxylation is 1. The Morgan fingerprint density at radius 3 is 2.81 bits per heavy atom. The highest BCUT2D eigenvalue weighted by Gasteiger charge is 2.26. The van der Waals surface area contributed by atoms with Crippen molar-refractivity contribution in [1.82, 2.24) is 9.62 Å². The summed E-state index contributed by atoms with van der Waals surface area (Å²) in [4.78, 5) is 12.8. The van der Waals surface area contributed by atoms with Gasteiger partial charge in [-0.25, -0.2) is 17.9 Å². The number of hydrogen-bond acceptors (Lipinski definition) is 3. The van der Waals surface area contributed by atoms with Crippen LogP contribution in [-0.4, -0.2) is 39.0 Å². The second-order valence-electron chi connectivity index (χ2n) is 5.20. The number of carbonyl (C=O) groups is 1. The highest BCUT2D eigenvalue weighted by molar-refractivity contribution is 7.89. The third-order valence-corrected chi connectivity index (χ3v) is 5.40. The van der Waals surface area contributed by atoms with Gasteiger partial charge in [0.25, 0.3) is 0 Å². The molecule has 21 heavy (non-hydrogen) atoms. The normalized spacial score (nSPS) is 19.0. The van der Waals surface area contributed by atoms with E-state index < -0.39 is 16.1 Å². The number of carbonyl (C=O) groups excluding carboxylic acids is 1. The van der Waals surface area contributed by atoms with Gasteiger partial charge in [-0.15, -0.1) is 0 Å². The van der Waals surface area contributed by atoms with Crippen LogP contribution in [-0.2, 0) is 10.0 Å². The standard InChI is InChI=1S/C13H18ClN3O3S/c1-9-6-11(14)2-3-12(9)21(19,20)16-7-10-4-5-17(8-10)13(15)18/h2-3,6,10,16H,4-5,7-8H2,1H3,(H2,15,18). The quantitative estimate of drug-likeness (QED) is 0.871. The number of likely N-dealkylation sites (tertiary alicyclic amines) is 1. The van der Waals surface area contributed by atoms with Crippen molar-refractivity contribution in [2.45, 2.75) is 18.2 Å². The van der Waals surface area contributed by atoms with E-state index >= 15 is 0 Å². The molecule has 1 aromatic rings. The molecular formula is C13H18ClN3O3S. The van der Waals surface area contributed by atoms with Gasteiger partial charge in [0.1, 0.15) is 0 Å². The Bertz CT molecular complexity index is 648. The minimum Gasteiger partial charge on any atom is -0.351 e. The topological polar surface area (TPSA) is 92.5 Å². The van der Waals surface area contributed by atoms with E-state index in [1.165, 1.54) is 11.0 Å². The number of amides is 2. The fourth-order valence-electron chi connectivity index (χ4n) is 2.42. The molecule has 2 amide bonds. The Labute approximate surface area is 129 Å². The first-order chi connectivity index (χ1) is 9.79. The van der Waals surface area contributed by atoms with Crippen molar-refractivity contribution >= 4 is 27.7 Å². The van der Waals surface area contributed by atoms with Gasteiger partial charge in [-0.1, -0.05) is 11.6 Å². The van der Waals surface area contributed by atoms with E-state index in [4.69, 9.17) is 17.3 Å². The number of primary amides is 1. The summed E-state index contributed by atoms with van der Waals surface area (Å²) in [5, 5.41) is 0.499. The van der Waals surface area contributed by atoms with Crippen LogP contribution in [0, 0.1) is 12.8 Å². The van der Waals surface area contributed by atoms with E-state index in [0.717, 1.165) is 6.42 Å². The Balaban J connectivity index is 2.01. The molecule has 0 saturated carbocycles. The highest BCUT2D eigenvalue weighted by atomic mass is 35.5. The molecule has 116 valence electrons. The lowest BCUT2D eigenvalue weighted by molar-refractivity contribution is 0.217. The van der Waals surface area contributed by atoms with Crippen LogP contribution in [0.5, 0.6) is 0 Å². The lowest BCUT2D eigenvalue weighted by Gasteiger charge is -2.14. The summed E-state index contributed by atoms with van der Waals surface area (Å²) >= 11 is 5.83. The maximum Gasteiger partial charge on any atom is 0.314 e. The summed E-state index contributed by atoms with van der Waals surface area (Å²) in [5.41, 5.74) is 5.80. The Kier molecular flexibility index (Phi) is 4.75. The summed E-state index contributed by atoms with van der Waals surface area (Å²) in [6, 6.07) is 4.19. The molecule has 1 saturated heterocycles. The minimum atomic E-state index is -3.58. The maximum atomic E-state index is 12.3. The number of nitrogens with zero attached hydrogens (tertiary/aromatic N) is 1. The molecule has 1 aromatic carbocycles. The second kappa shape index (κ2) is 6.21. The zero-order valence-electron chi connectivity index (χ0n) is 11.7. The molecule has 0 aliphatic carbocycles. The third-order valence-electron chi connectivity index (χ3n) is 3.59. The largest absolute Gasteiger partial charge is 0.351 e. The smallest absolute Gasteiger partial charge is 0.314 e. The molecule has 0 radical (unpaired) electrons. The molecule has 0 bridgehead atoms. The molecule has 1 aliphatic rings. The predicted octanol–water partition coefficient (Wildman–Crippen LogP) is 1.33. The van der Waals surface area contributed by atoms with Gasteiger partial charge in [0.15, 0.2) is 0 Å². The Morgan fingerprint density at radius 1 is 1.52 bits per heavy atom. The van der Waals surface area contributed by atoms with Gasteiger partial charge in [-0.05, 0) is 43.0 Å². The number of hydrogen-bond donors (Lipinski definition) is 2. The van der Waals surface area contributed by atoms with Gasteiger partial charge in [-0.2, -0.15) is 0 Å². The van der Waals surface area contributed by atoms with Crippen molar-refractivity contribution < 1.29 is 13.2 Å². The van der Waals surface area contributed by atoms with Crippen LogP contribution in [0.2, 0.25) is 5.02 Å². The molecule has 1 aliphatic heterocycles. The van der Waals surface area contributed by atoms with Crippen molar-refractivity contribution in [3.63, 3.8) is 0 Å². The van der Waals surface area contributed by atoms with Crippen LogP contribution in [0.4, 0.5) is 4.79 Å². The van der Waals surface area contributed by atoms with E-state index in [1.807, 2.05) is 0 Å². The summed E-state index contributed by atoms with van der Waals surface area (Å²) in [6.07, 6.45) is 0.741. The van der Waals surface area contributed by atoms with Crippen molar-refractivity contribution in [3.05, 3.63) is 28.8 Å². The van der Waals surface area contributed by atoms with Gasteiger partial charge < -0.3 is 10.6 Å². The van der Waals surface area contributed by atoms with Crippen LogP contribution in [0.3, 0.4) is 0 Å². The van der Waals surface area contributed by atoms with Crippen molar-refractivity contribution in [1.29, 1.82) is 0 Å². The molecule has 0 spiro atoms. The Hall–Kier alpha value is -1.31. The molecule has 2 rings (SSSR count). The zero-order chi connectivity index (χ0) is 15.6. The van der Waals surface area contributed by atoms with E-state index in [1.54, 1.807) is 19.1 Å². The van der Waals surface area contributed by atoms with Gasteiger partial charge in [0, 0.05) is 24.7 Å². The van der Waals surface area contributed by atoms with E-state index in [2.05, 4.69) is 4.72 Å². The van der Waals surface area contributed by atoms with Crippen LogP contribution in [0.25, 0.3) is 0 Å². The predicted molar refractivity (Wildman–Crippen MR) is 80.6 cm³/mol. The number of nitrogens with two attached hydrogens (primary N) is 1. The lowest BCUT2D eigenvalue weighted by atomic mass is 10.1. The van der Waals surface area contributed by atoms with Crippen molar-refractivity contribution in [3.8, 4) is 0 Å². The monoisotopic (exact) mass is 331 g/mol. The number of benzene rings is 1. The van der Waals surface area contributed by atoms with Crippen LogP contribution < -0.4 is 10.5 Å². The maximum absolute atomic E-state index is 12.3. The van der Waals surface area contributed by atoms with Gasteiger partial charge in [0.05, 0.1) is 4.90 Å². The lowest BCUT2D eigenvalue weighted by Crippen LogP contribution is -2.35. The molecule has 1 heterocycles. The summed E-state index contributed by atoms with van der Waals surface area (Å²) in [7, 11) is -3.58. The Morgan fingerprint density at radius 2 is 2.24 bits per heavy atom. The number of urea groups is 1. The molecule has 1 atom stereocenters. The summed E-state index contributed by atoms with van der Waals surface area (Å²) in [6.45, 7) is 3.04. The average molecular weight is 332 g/mol. The fraction of sp³-hybridized carbons (Fsp3) is 0.462. The number of halogens is 1.